The third-order valence-electron chi connectivity index (χ3n) is 5.77. The van der Waals surface area contributed by atoms with Gasteiger partial charge in [-0.1, -0.05) is 18.0 Å². The first-order valence-corrected chi connectivity index (χ1v) is 9.59. The number of benzene rings is 1. The molecule has 2 fully saturated rings. The Morgan fingerprint density at radius 3 is 2.88 bits per heavy atom. The standard InChI is InChI=1S/C20H28ClNO2/c1-13-10-17(7-8-19(13)21)24-9-3-4-20(23)22-14(2)18-12-15-5-6-16(18)11-15/h7-8,10,14-16,18H,3-6,9,11-12H2,1-2H3,(H,22,23). The van der Waals surface area contributed by atoms with E-state index in [-0.39, 0.29) is 5.91 Å². The molecule has 24 heavy (non-hydrogen) atoms. The lowest BCUT2D eigenvalue weighted by atomic mass is 9.84. The predicted octanol–water partition coefficient (Wildman–Crippen LogP) is 4.75. The minimum atomic E-state index is 0.154. The van der Waals surface area contributed by atoms with E-state index >= 15 is 0 Å². The van der Waals surface area contributed by atoms with Crippen molar-refractivity contribution in [2.24, 2.45) is 17.8 Å². The van der Waals surface area contributed by atoms with Gasteiger partial charge >= 0.3 is 0 Å². The molecule has 1 aromatic carbocycles. The maximum Gasteiger partial charge on any atom is 0.220 e. The molecule has 4 atom stereocenters. The maximum absolute atomic E-state index is 12.1. The van der Waals surface area contributed by atoms with Gasteiger partial charge in [-0.3, -0.25) is 4.79 Å². The number of carbonyl (C=O) groups excluding carboxylic acids is 1. The molecule has 3 rings (SSSR count). The van der Waals surface area contributed by atoms with Crippen LogP contribution < -0.4 is 10.1 Å². The van der Waals surface area contributed by atoms with E-state index in [0.717, 1.165) is 34.6 Å². The molecule has 2 aliphatic rings. The fourth-order valence-electron chi connectivity index (χ4n) is 4.47. The third-order valence-corrected chi connectivity index (χ3v) is 6.19. The van der Waals surface area contributed by atoms with Gasteiger partial charge in [-0.25, -0.2) is 0 Å². The zero-order valence-corrected chi connectivity index (χ0v) is 15.4. The van der Waals surface area contributed by atoms with Gasteiger partial charge in [0.25, 0.3) is 0 Å². The highest BCUT2D eigenvalue weighted by Crippen LogP contribution is 2.49. The zero-order chi connectivity index (χ0) is 17.1. The van der Waals surface area contributed by atoms with Crippen molar-refractivity contribution in [3.8, 4) is 5.75 Å². The average Bonchev–Trinajstić information content (AvgIpc) is 3.18. The number of fused-ring (bicyclic) bond motifs is 2. The Balaban J connectivity index is 1.34. The molecule has 132 valence electrons. The highest BCUT2D eigenvalue weighted by molar-refractivity contribution is 6.31. The second-order valence-electron chi connectivity index (χ2n) is 7.56. The molecule has 0 spiro atoms. The summed E-state index contributed by atoms with van der Waals surface area (Å²) < 4.78 is 5.70. The van der Waals surface area contributed by atoms with E-state index in [2.05, 4.69) is 12.2 Å². The molecule has 4 heteroatoms. The number of hydrogen-bond acceptors (Lipinski definition) is 2. The molecular weight excluding hydrogens is 322 g/mol. The van der Waals surface area contributed by atoms with Gasteiger partial charge in [-0.15, -0.1) is 0 Å². The molecule has 0 aromatic heterocycles. The van der Waals surface area contributed by atoms with Crippen molar-refractivity contribution in [3.05, 3.63) is 28.8 Å². The van der Waals surface area contributed by atoms with Gasteiger partial charge in [0, 0.05) is 17.5 Å². The van der Waals surface area contributed by atoms with Crippen molar-refractivity contribution in [2.45, 2.75) is 58.4 Å². The Labute approximate surface area is 150 Å². The summed E-state index contributed by atoms with van der Waals surface area (Å²) in [5, 5.41) is 3.96. The van der Waals surface area contributed by atoms with Crippen molar-refractivity contribution >= 4 is 17.5 Å². The highest BCUT2D eigenvalue weighted by Gasteiger charge is 2.41. The van der Waals surface area contributed by atoms with E-state index in [1.807, 2.05) is 25.1 Å². The van der Waals surface area contributed by atoms with Crippen molar-refractivity contribution in [1.29, 1.82) is 0 Å². The smallest absolute Gasteiger partial charge is 0.220 e. The minimum Gasteiger partial charge on any atom is -0.494 e. The van der Waals surface area contributed by atoms with Crippen molar-refractivity contribution in [1.82, 2.24) is 5.32 Å². The maximum atomic E-state index is 12.1. The predicted molar refractivity (Wildman–Crippen MR) is 97.5 cm³/mol. The van der Waals surface area contributed by atoms with Crippen molar-refractivity contribution in [2.75, 3.05) is 6.61 Å². The second kappa shape index (κ2) is 7.77. The van der Waals surface area contributed by atoms with Gasteiger partial charge in [0.15, 0.2) is 0 Å². The van der Waals surface area contributed by atoms with Crippen LogP contribution in [0.15, 0.2) is 18.2 Å². The summed E-state index contributed by atoms with van der Waals surface area (Å²) in [6, 6.07) is 5.95. The van der Waals surface area contributed by atoms with Crippen LogP contribution in [0.3, 0.4) is 0 Å². The number of halogens is 1. The van der Waals surface area contributed by atoms with Gasteiger partial charge in [-0.05, 0) is 81.0 Å². The van der Waals surface area contributed by atoms with Crippen LogP contribution in [0.1, 0.15) is 51.0 Å². The number of amides is 1. The van der Waals surface area contributed by atoms with Gasteiger partial charge in [-0.2, -0.15) is 0 Å². The first kappa shape index (κ1) is 17.6. The summed E-state index contributed by atoms with van der Waals surface area (Å²) >= 11 is 6.00. The van der Waals surface area contributed by atoms with Crippen LogP contribution in [0.2, 0.25) is 5.02 Å². The van der Waals surface area contributed by atoms with Crippen molar-refractivity contribution in [3.63, 3.8) is 0 Å². The number of hydrogen-bond donors (Lipinski definition) is 1. The monoisotopic (exact) mass is 349 g/mol. The van der Waals surface area contributed by atoms with Crippen LogP contribution in [-0.2, 0) is 4.79 Å². The van der Waals surface area contributed by atoms with Crippen molar-refractivity contribution < 1.29 is 9.53 Å². The molecule has 1 amide bonds. The van der Waals surface area contributed by atoms with Gasteiger partial charge in [0.1, 0.15) is 5.75 Å². The molecule has 2 aliphatic carbocycles. The number of nitrogens with one attached hydrogen (secondary N) is 1. The van der Waals surface area contributed by atoms with Crippen LogP contribution in [0.4, 0.5) is 0 Å². The normalized spacial score (nSPS) is 26.4. The summed E-state index contributed by atoms with van der Waals surface area (Å²) in [6.07, 6.45) is 6.73. The van der Waals surface area contributed by atoms with E-state index in [4.69, 9.17) is 16.3 Å². The Hall–Kier alpha value is -1.22. The molecule has 4 unspecified atom stereocenters. The Morgan fingerprint density at radius 1 is 1.38 bits per heavy atom. The number of carbonyl (C=O) groups is 1. The molecule has 0 radical (unpaired) electrons. The van der Waals surface area contributed by atoms with E-state index < -0.39 is 0 Å². The topological polar surface area (TPSA) is 38.3 Å². The van der Waals surface area contributed by atoms with E-state index in [9.17, 15) is 4.79 Å². The first-order valence-electron chi connectivity index (χ1n) is 9.21. The van der Waals surface area contributed by atoms with E-state index in [1.54, 1.807) is 0 Å². The summed E-state index contributed by atoms with van der Waals surface area (Å²) in [6.45, 7) is 4.69. The summed E-state index contributed by atoms with van der Waals surface area (Å²) in [4.78, 5) is 12.1. The fourth-order valence-corrected chi connectivity index (χ4v) is 4.59. The molecule has 0 aliphatic heterocycles. The molecule has 0 saturated heterocycles. The quantitative estimate of drug-likeness (QED) is 0.721. The van der Waals surface area contributed by atoms with Crippen LogP contribution in [0.25, 0.3) is 0 Å². The minimum absolute atomic E-state index is 0.154. The molecule has 1 aromatic rings. The van der Waals surface area contributed by atoms with Gasteiger partial charge in [0.05, 0.1) is 6.61 Å². The number of ether oxygens (including phenoxy) is 1. The number of aryl methyl sites for hydroxylation is 1. The van der Waals surface area contributed by atoms with Gasteiger partial charge < -0.3 is 10.1 Å². The molecular formula is C20H28ClNO2. The highest BCUT2D eigenvalue weighted by atomic mass is 35.5. The molecule has 1 N–H and O–H groups in total. The Kier molecular flexibility index (Phi) is 5.70. The second-order valence-corrected chi connectivity index (χ2v) is 7.97. The average molecular weight is 350 g/mol. The van der Waals surface area contributed by atoms with E-state index in [1.165, 1.54) is 25.7 Å². The number of rotatable bonds is 7. The largest absolute Gasteiger partial charge is 0.494 e. The molecule has 3 nitrogen and oxygen atoms in total. The molecule has 2 saturated carbocycles. The first-order chi connectivity index (χ1) is 11.5. The van der Waals surface area contributed by atoms with Crippen LogP contribution in [-0.4, -0.2) is 18.6 Å². The van der Waals surface area contributed by atoms with Crippen LogP contribution >= 0.6 is 11.6 Å². The van der Waals surface area contributed by atoms with Crippen LogP contribution in [0, 0.1) is 24.7 Å². The molecule has 0 heterocycles. The molecule has 2 bridgehead atoms. The SMILES string of the molecule is Cc1cc(OCCCC(=O)NC(C)C2CC3CCC2C3)ccc1Cl. The third kappa shape index (κ3) is 4.24. The lowest BCUT2D eigenvalue weighted by Gasteiger charge is -2.28. The van der Waals surface area contributed by atoms with E-state index in [0.29, 0.717) is 25.0 Å². The Bertz CT molecular complexity index is 589. The van der Waals surface area contributed by atoms with Crippen LogP contribution in [0.5, 0.6) is 5.75 Å². The summed E-state index contributed by atoms with van der Waals surface area (Å²) in [7, 11) is 0. The zero-order valence-electron chi connectivity index (χ0n) is 14.7. The summed E-state index contributed by atoms with van der Waals surface area (Å²) in [5.74, 6) is 3.44. The lowest BCUT2D eigenvalue weighted by Crippen LogP contribution is -2.40. The Morgan fingerprint density at radius 2 is 2.21 bits per heavy atom. The summed E-state index contributed by atoms with van der Waals surface area (Å²) in [5.41, 5.74) is 1.01. The lowest BCUT2D eigenvalue weighted by molar-refractivity contribution is -0.122. The van der Waals surface area contributed by atoms with Gasteiger partial charge in [0.2, 0.25) is 5.91 Å². The fraction of sp³-hybridized carbons (Fsp3) is 0.650.